The van der Waals surface area contributed by atoms with E-state index in [1.807, 2.05) is 43.3 Å². The first-order chi connectivity index (χ1) is 16.4. The second-order valence-electron chi connectivity index (χ2n) is 9.06. The highest BCUT2D eigenvalue weighted by Crippen LogP contribution is 2.50. The second-order valence-corrected chi connectivity index (χ2v) is 9.06. The maximum atomic E-state index is 9.86. The van der Waals surface area contributed by atoms with Gasteiger partial charge in [0, 0.05) is 17.5 Å². The summed E-state index contributed by atoms with van der Waals surface area (Å²) in [5.74, 6) is -0.381. The first kappa shape index (κ1) is 25.4. The normalized spacial score (nSPS) is 19.3. The van der Waals surface area contributed by atoms with Gasteiger partial charge in [-0.05, 0) is 66.8 Å². The second kappa shape index (κ2) is 10.8. The van der Waals surface area contributed by atoms with Gasteiger partial charge in [-0.3, -0.25) is 0 Å². The number of nitrogens with two attached hydrogens (primary N) is 1. The van der Waals surface area contributed by atoms with Crippen LogP contribution in [0.3, 0.4) is 0 Å². The molecular formula is C27H35N5O2. The Morgan fingerprint density at radius 1 is 1.09 bits per heavy atom. The van der Waals surface area contributed by atoms with Gasteiger partial charge in [0.1, 0.15) is 0 Å². The summed E-state index contributed by atoms with van der Waals surface area (Å²) >= 11 is 0. The number of fused-ring (bicyclic) bond motifs is 3. The first-order valence-electron chi connectivity index (χ1n) is 12.0. The summed E-state index contributed by atoms with van der Waals surface area (Å²) in [5, 5.41) is 39.4. The molecule has 1 aliphatic rings. The van der Waals surface area contributed by atoms with Crippen molar-refractivity contribution >= 4 is 11.4 Å². The Bertz CT molecular complexity index is 1130. The molecule has 0 amide bonds. The van der Waals surface area contributed by atoms with Crippen molar-refractivity contribution in [3.8, 4) is 17.2 Å². The lowest BCUT2D eigenvalue weighted by Crippen LogP contribution is -2.55. The number of nitrogens with one attached hydrogen (secondary N) is 1. The van der Waals surface area contributed by atoms with Crippen LogP contribution in [-0.4, -0.2) is 34.4 Å². The number of hydrogen-bond donors (Lipinski definition) is 4. The van der Waals surface area contributed by atoms with Gasteiger partial charge < -0.3 is 21.5 Å². The molecule has 0 saturated carbocycles. The molecule has 5 N–H and O–H groups in total. The molecular weight excluding hydrogens is 426 g/mol. The molecule has 0 aromatic heterocycles. The van der Waals surface area contributed by atoms with Crippen LogP contribution in [0.15, 0.2) is 46.7 Å². The maximum absolute atomic E-state index is 9.86. The minimum absolute atomic E-state index is 0.230. The Balaban J connectivity index is 2.29. The highest BCUT2D eigenvalue weighted by atomic mass is 16.4. The van der Waals surface area contributed by atoms with Crippen molar-refractivity contribution in [2.24, 2.45) is 22.0 Å². The highest BCUT2D eigenvalue weighted by molar-refractivity contribution is 6.14. The monoisotopic (exact) mass is 461 g/mol. The first-order valence-corrected chi connectivity index (χ1v) is 12.0. The number of oxime groups is 2. The van der Waals surface area contributed by atoms with Crippen LogP contribution in [0.5, 0.6) is 0 Å². The van der Waals surface area contributed by atoms with E-state index in [1.54, 1.807) is 6.92 Å². The third-order valence-corrected chi connectivity index (χ3v) is 7.00. The van der Waals surface area contributed by atoms with Crippen LogP contribution < -0.4 is 11.1 Å². The van der Waals surface area contributed by atoms with Gasteiger partial charge in [-0.25, -0.2) is 0 Å². The molecule has 180 valence electrons. The Morgan fingerprint density at radius 3 is 2.35 bits per heavy atom. The molecule has 0 fully saturated rings. The number of benzene rings is 2. The van der Waals surface area contributed by atoms with Crippen molar-refractivity contribution in [3.63, 3.8) is 0 Å². The number of rotatable bonds is 10. The predicted molar refractivity (Wildman–Crippen MR) is 136 cm³/mol. The molecule has 0 bridgehead atoms. The summed E-state index contributed by atoms with van der Waals surface area (Å²) in [4.78, 5) is 0. The van der Waals surface area contributed by atoms with Gasteiger partial charge in [0.05, 0.1) is 28.6 Å². The quantitative estimate of drug-likeness (QED) is 0.172. The summed E-state index contributed by atoms with van der Waals surface area (Å²) in [6.07, 6.45) is 3.76. The summed E-state index contributed by atoms with van der Waals surface area (Å²) < 4.78 is 0. The zero-order valence-electron chi connectivity index (χ0n) is 20.5. The molecule has 0 saturated heterocycles. The van der Waals surface area contributed by atoms with Crippen molar-refractivity contribution in [1.29, 1.82) is 5.26 Å². The molecule has 2 aromatic carbocycles. The van der Waals surface area contributed by atoms with Gasteiger partial charge in [0.2, 0.25) is 0 Å². The van der Waals surface area contributed by atoms with Gasteiger partial charge in [0.25, 0.3) is 0 Å². The summed E-state index contributed by atoms with van der Waals surface area (Å²) in [5.41, 5.74) is 12.6. The van der Waals surface area contributed by atoms with Crippen molar-refractivity contribution in [3.05, 3.63) is 58.7 Å². The van der Waals surface area contributed by atoms with Crippen LogP contribution >= 0.6 is 0 Å². The van der Waals surface area contributed by atoms with Gasteiger partial charge in [0.15, 0.2) is 0 Å². The van der Waals surface area contributed by atoms with Crippen LogP contribution in [0, 0.1) is 17.2 Å². The fourth-order valence-corrected chi connectivity index (χ4v) is 4.97. The Labute approximate surface area is 202 Å². The average molecular weight is 462 g/mol. The lowest BCUT2D eigenvalue weighted by molar-refractivity contribution is 0.312. The third-order valence-electron chi connectivity index (χ3n) is 7.00. The molecule has 3 unspecified atom stereocenters. The van der Waals surface area contributed by atoms with E-state index in [-0.39, 0.29) is 12.0 Å². The fraction of sp³-hybridized carbons (Fsp3) is 0.444. The lowest BCUT2D eigenvalue weighted by Gasteiger charge is -2.39. The van der Waals surface area contributed by atoms with Crippen molar-refractivity contribution in [2.75, 3.05) is 6.54 Å². The molecule has 3 atom stereocenters. The number of nitrogens with zero attached hydrogens (tertiary/aromatic N) is 3. The molecule has 2 aromatic rings. The van der Waals surface area contributed by atoms with E-state index in [0.29, 0.717) is 17.0 Å². The topological polar surface area (TPSA) is 127 Å². The number of unbranched alkanes of at least 4 members (excludes halogenated alkanes) is 1. The molecule has 0 spiro atoms. The number of nitriles is 1. The highest BCUT2D eigenvalue weighted by Gasteiger charge is 2.47. The van der Waals surface area contributed by atoms with E-state index in [2.05, 4.69) is 35.5 Å². The minimum atomic E-state index is -0.678. The maximum Gasteiger partial charge on any atom is 0.0991 e. The van der Waals surface area contributed by atoms with Crippen molar-refractivity contribution in [2.45, 2.75) is 65.0 Å². The zero-order chi connectivity index (χ0) is 24.9. The Kier molecular flexibility index (Phi) is 8.08. The van der Waals surface area contributed by atoms with E-state index in [0.717, 1.165) is 60.0 Å². The average Bonchev–Trinajstić information content (AvgIpc) is 3.13. The minimum Gasteiger partial charge on any atom is -0.411 e. The molecule has 0 aliphatic heterocycles. The summed E-state index contributed by atoms with van der Waals surface area (Å²) in [7, 11) is 0. The molecule has 0 heterocycles. The van der Waals surface area contributed by atoms with E-state index >= 15 is 0 Å². The van der Waals surface area contributed by atoms with Crippen LogP contribution in [0.25, 0.3) is 11.1 Å². The van der Waals surface area contributed by atoms with E-state index in [1.165, 1.54) is 0 Å². The predicted octanol–water partition coefficient (Wildman–Crippen LogP) is 4.96. The van der Waals surface area contributed by atoms with Crippen LogP contribution in [0.4, 0.5) is 0 Å². The smallest absolute Gasteiger partial charge is 0.0991 e. The van der Waals surface area contributed by atoms with Crippen molar-refractivity contribution < 1.29 is 10.4 Å². The van der Waals surface area contributed by atoms with Gasteiger partial charge >= 0.3 is 0 Å². The molecule has 0 radical (unpaired) electrons. The van der Waals surface area contributed by atoms with Crippen LogP contribution in [0.2, 0.25) is 0 Å². The van der Waals surface area contributed by atoms with Crippen LogP contribution in [0.1, 0.15) is 75.6 Å². The summed E-state index contributed by atoms with van der Waals surface area (Å²) in [6.45, 7) is 8.57. The lowest BCUT2D eigenvalue weighted by atomic mass is 9.77. The van der Waals surface area contributed by atoms with E-state index in [9.17, 15) is 15.7 Å². The SMILES string of the molecule is CCCCNC1(C(N)CCC)c2cc(C#N)ccc2-c2ccc(/C(=N\O)C(C)/C(C)=N/O)cc21. The standard InChI is InChI=1S/C27H35N5O2/c1-5-7-13-30-27(25(29)8-6-2)23-14-19(16-28)9-11-21(23)22-12-10-20(15-24(22)27)26(32-34)17(3)18(4)31-33/h9-12,14-15,17,25,30,33-34H,5-8,13,29H2,1-4H3/b31-18+,32-26-. The van der Waals surface area contributed by atoms with E-state index in [4.69, 9.17) is 5.73 Å². The zero-order valence-corrected chi connectivity index (χ0v) is 20.5. The molecule has 7 nitrogen and oxygen atoms in total. The molecule has 1 aliphatic carbocycles. The van der Waals surface area contributed by atoms with Gasteiger partial charge in [-0.2, -0.15) is 5.26 Å². The Morgan fingerprint density at radius 2 is 1.76 bits per heavy atom. The summed E-state index contributed by atoms with van der Waals surface area (Å²) in [6, 6.07) is 13.8. The van der Waals surface area contributed by atoms with E-state index < -0.39 is 5.54 Å². The molecule has 7 heteroatoms. The largest absolute Gasteiger partial charge is 0.411 e. The van der Waals surface area contributed by atoms with Crippen molar-refractivity contribution in [1.82, 2.24) is 5.32 Å². The van der Waals surface area contributed by atoms with Crippen LogP contribution in [-0.2, 0) is 5.54 Å². The van der Waals surface area contributed by atoms with Gasteiger partial charge in [-0.1, -0.05) is 62.1 Å². The van der Waals surface area contributed by atoms with Gasteiger partial charge in [-0.15, -0.1) is 0 Å². The fourth-order valence-electron chi connectivity index (χ4n) is 4.97. The molecule has 3 rings (SSSR count). The number of hydrogen-bond acceptors (Lipinski definition) is 7. The third kappa shape index (κ3) is 4.31. The Hall–Kier alpha value is -3.21. The molecule has 34 heavy (non-hydrogen) atoms.